The van der Waals surface area contributed by atoms with Gasteiger partial charge in [-0.1, -0.05) is 12.1 Å². The molecule has 0 aliphatic carbocycles. The number of nitrogens with zero attached hydrogens (tertiary/aromatic N) is 1. The summed E-state index contributed by atoms with van der Waals surface area (Å²) in [5.74, 6) is -0.0579. The first-order chi connectivity index (χ1) is 11.6. The Hall–Kier alpha value is -1.92. The summed E-state index contributed by atoms with van der Waals surface area (Å²) < 4.78 is 0. The number of halogens is 1. The van der Waals surface area contributed by atoms with Crippen LogP contribution < -0.4 is 10.6 Å². The molecule has 3 aliphatic rings. The Labute approximate surface area is 152 Å². The van der Waals surface area contributed by atoms with Crippen molar-refractivity contribution in [3.63, 3.8) is 0 Å². The van der Waals surface area contributed by atoms with Crippen LogP contribution in [0.15, 0.2) is 18.2 Å². The van der Waals surface area contributed by atoms with Crippen molar-refractivity contribution in [1.29, 1.82) is 0 Å². The van der Waals surface area contributed by atoms with Gasteiger partial charge in [0.1, 0.15) is 6.04 Å². The second-order valence-electron chi connectivity index (χ2n) is 6.95. The molecule has 1 aromatic rings. The third-order valence-electron chi connectivity index (χ3n) is 5.27. The molecule has 2 unspecified atom stereocenters. The van der Waals surface area contributed by atoms with Crippen molar-refractivity contribution in [2.24, 2.45) is 5.92 Å². The van der Waals surface area contributed by atoms with Crippen molar-refractivity contribution < 1.29 is 14.4 Å². The van der Waals surface area contributed by atoms with Crippen molar-refractivity contribution in [3.05, 3.63) is 34.9 Å². The molecule has 3 aliphatic heterocycles. The lowest BCUT2D eigenvalue weighted by Crippen LogP contribution is -2.52. The first kappa shape index (κ1) is 17.9. The van der Waals surface area contributed by atoms with Crippen molar-refractivity contribution in [2.75, 3.05) is 13.1 Å². The zero-order chi connectivity index (χ0) is 16.7. The van der Waals surface area contributed by atoms with Gasteiger partial charge in [0, 0.05) is 18.5 Å². The van der Waals surface area contributed by atoms with E-state index in [1.54, 1.807) is 4.90 Å². The van der Waals surface area contributed by atoms with E-state index < -0.39 is 6.04 Å². The van der Waals surface area contributed by atoms with Gasteiger partial charge in [-0.2, -0.15) is 0 Å². The number of amides is 3. The highest BCUT2D eigenvalue weighted by atomic mass is 35.5. The summed E-state index contributed by atoms with van der Waals surface area (Å²) >= 11 is 0. The van der Waals surface area contributed by atoms with Crippen LogP contribution in [-0.2, 0) is 22.6 Å². The standard InChI is InChI=1S/C18H21N3O3.ClH/c22-16-4-3-15(17(23)20-16)21-10-13-8-11(1-2-14(13)18(21)24)7-12-5-6-19-9-12;/h1-2,8,12,15,19H,3-7,9-10H2,(H,20,22,23);1H. The smallest absolute Gasteiger partial charge is 0.255 e. The van der Waals surface area contributed by atoms with E-state index in [-0.39, 0.29) is 36.5 Å². The molecular weight excluding hydrogens is 342 g/mol. The van der Waals surface area contributed by atoms with Gasteiger partial charge in [0.15, 0.2) is 0 Å². The summed E-state index contributed by atoms with van der Waals surface area (Å²) in [5.41, 5.74) is 2.93. The SMILES string of the molecule is Cl.O=C1CCC(N2Cc3cc(CC4CCNC4)ccc3C2=O)C(=O)N1. The molecule has 25 heavy (non-hydrogen) atoms. The van der Waals surface area contributed by atoms with Crippen LogP contribution in [0.3, 0.4) is 0 Å². The Morgan fingerprint density at radius 3 is 2.72 bits per heavy atom. The molecule has 4 rings (SSSR count). The van der Waals surface area contributed by atoms with Gasteiger partial charge in [0.05, 0.1) is 0 Å². The first-order valence-electron chi connectivity index (χ1n) is 8.59. The molecule has 0 radical (unpaired) electrons. The van der Waals surface area contributed by atoms with Gasteiger partial charge in [-0.3, -0.25) is 19.7 Å². The number of hydrogen-bond donors (Lipinski definition) is 2. The zero-order valence-electron chi connectivity index (χ0n) is 13.9. The maximum absolute atomic E-state index is 12.6. The minimum absolute atomic E-state index is 0. The number of fused-ring (bicyclic) bond motifs is 1. The number of benzene rings is 1. The number of piperidine rings is 1. The van der Waals surface area contributed by atoms with Gasteiger partial charge in [-0.05, 0) is 55.5 Å². The number of carbonyl (C=O) groups is 3. The molecule has 2 fully saturated rings. The van der Waals surface area contributed by atoms with Gasteiger partial charge >= 0.3 is 0 Å². The van der Waals surface area contributed by atoms with Crippen LogP contribution in [0.5, 0.6) is 0 Å². The summed E-state index contributed by atoms with van der Waals surface area (Å²) in [5, 5.41) is 5.71. The van der Waals surface area contributed by atoms with Gasteiger partial charge in [-0.25, -0.2) is 0 Å². The highest BCUT2D eigenvalue weighted by Gasteiger charge is 2.39. The van der Waals surface area contributed by atoms with Crippen LogP contribution >= 0.6 is 12.4 Å². The van der Waals surface area contributed by atoms with E-state index in [2.05, 4.69) is 16.7 Å². The third-order valence-corrected chi connectivity index (χ3v) is 5.27. The molecule has 3 amide bonds. The average molecular weight is 364 g/mol. The molecule has 0 bridgehead atoms. The molecular formula is C18H22ClN3O3. The van der Waals surface area contributed by atoms with E-state index >= 15 is 0 Å². The fraction of sp³-hybridized carbons (Fsp3) is 0.500. The van der Waals surface area contributed by atoms with Crippen LogP contribution in [0.25, 0.3) is 0 Å². The Kier molecular flexibility index (Phi) is 5.11. The van der Waals surface area contributed by atoms with Gasteiger partial charge in [0.2, 0.25) is 11.8 Å². The predicted molar refractivity (Wildman–Crippen MR) is 94.4 cm³/mol. The summed E-state index contributed by atoms with van der Waals surface area (Å²) in [6, 6.07) is 5.49. The fourth-order valence-electron chi connectivity index (χ4n) is 3.98. The Bertz CT molecular complexity index is 716. The lowest BCUT2D eigenvalue weighted by Gasteiger charge is -2.29. The predicted octanol–water partition coefficient (Wildman–Crippen LogP) is 1.02. The number of imide groups is 1. The van der Waals surface area contributed by atoms with Crippen molar-refractivity contribution in [1.82, 2.24) is 15.5 Å². The zero-order valence-corrected chi connectivity index (χ0v) is 14.7. The molecule has 7 heteroatoms. The molecule has 134 valence electrons. The van der Waals surface area contributed by atoms with Gasteiger partial charge in [0.25, 0.3) is 5.91 Å². The summed E-state index contributed by atoms with van der Waals surface area (Å²) in [6.45, 7) is 2.59. The van der Waals surface area contributed by atoms with Crippen molar-refractivity contribution >= 4 is 30.1 Å². The summed E-state index contributed by atoms with van der Waals surface area (Å²) in [6.07, 6.45) is 2.91. The van der Waals surface area contributed by atoms with Crippen LogP contribution in [0, 0.1) is 5.92 Å². The molecule has 0 saturated carbocycles. The topological polar surface area (TPSA) is 78.5 Å². The highest BCUT2D eigenvalue weighted by Crippen LogP contribution is 2.29. The molecule has 0 spiro atoms. The summed E-state index contributed by atoms with van der Waals surface area (Å²) in [4.78, 5) is 37.6. The first-order valence-corrected chi connectivity index (χ1v) is 8.59. The quantitative estimate of drug-likeness (QED) is 0.786. The minimum Gasteiger partial charge on any atom is -0.322 e. The molecule has 6 nitrogen and oxygen atoms in total. The van der Waals surface area contributed by atoms with E-state index in [4.69, 9.17) is 0 Å². The number of nitrogens with one attached hydrogen (secondary N) is 2. The maximum atomic E-state index is 12.6. The van der Waals surface area contributed by atoms with Gasteiger partial charge in [-0.15, -0.1) is 12.4 Å². The van der Waals surface area contributed by atoms with Crippen LogP contribution in [-0.4, -0.2) is 41.8 Å². The monoisotopic (exact) mass is 363 g/mol. The normalized spacial score (nSPS) is 25.6. The van der Waals surface area contributed by atoms with Gasteiger partial charge < -0.3 is 10.2 Å². The minimum atomic E-state index is -0.537. The Balaban J connectivity index is 0.00000182. The highest BCUT2D eigenvalue weighted by molar-refractivity contribution is 6.05. The lowest BCUT2D eigenvalue weighted by molar-refractivity contribution is -0.136. The Morgan fingerprint density at radius 2 is 2.00 bits per heavy atom. The molecule has 3 heterocycles. The van der Waals surface area contributed by atoms with Crippen LogP contribution in [0.1, 0.15) is 40.7 Å². The Morgan fingerprint density at radius 1 is 1.16 bits per heavy atom. The third kappa shape index (κ3) is 3.41. The molecule has 2 saturated heterocycles. The van der Waals surface area contributed by atoms with E-state index in [0.717, 1.165) is 25.1 Å². The second-order valence-corrected chi connectivity index (χ2v) is 6.95. The van der Waals surface area contributed by atoms with E-state index in [0.29, 0.717) is 24.4 Å². The van der Waals surface area contributed by atoms with Crippen LogP contribution in [0.4, 0.5) is 0 Å². The van der Waals surface area contributed by atoms with Crippen molar-refractivity contribution in [2.45, 2.75) is 38.3 Å². The van der Waals surface area contributed by atoms with E-state index in [1.807, 2.05) is 12.1 Å². The van der Waals surface area contributed by atoms with Crippen molar-refractivity contribution in [3.8, 4) is 0 Å². The maximum Gasteiger partial charge on any atom is 0.255 e. The second kappa shape index (κ2) is 7.14. The van der Waals surface area contributed by atoms with E-state index in [9.17, 15) is 14.4 Å². The molecule has 2 N–H and O–H groups in total. The number of carbonyl (C=O) groups excluding carboxylic acids is 3. The molecule has 1 aromatic carbocycles. The van der Waals surface area contributed by atoms with Crippen LogP contribution in [0.2, 0.25) is 0 Å². The van der Waals surface area contributed by atoms with E-state index in [1.165, 1.54) is 12.0 Å². The average Bonchev–Trinajstić information content (AvgIpc) is 3.16. The lowest BCUT2D eigenvalue weighted by atomic mass is 9.96. The number of hydrogen-bond acceptors (Lipinski definition) is 4. The fourth-order valence-corrected chi connectivity index (χ4v) is 3.98. The molecule has 0 aromatic heterocycles. The number of rotatable bonds is 3. The summed E-state index contributed by atoms with van der Waals surface area (Å²) in [7, 11) is 0. The largest absolute Gasteiger partial charge is 0.322 e. The molecule has 2 atom stereocenters.